The fraction of sp³-hybridized carbons (Fsp3) is 0.0667. The molecule has 0 saturated heterocycles. The first kappa shape index (κ1) is 14.3. The number of allylic oxidation sites excluding steroid dienone is 2. The molecule has 4 heteroatoms. The van der Waals surface area contributed by atoms with Crippen molar-refractivity contribution in [3.05, 3.63) is 65.9 Å². The van der Waals surface area contributed by atoms with Crippen molar-refractivity contribution < 1.29 is 9.90 Å². The predicted molar refractivity (Wildman–Crippen MR) is 74.0 cm³/mol. The first-order chi connectivity index (χ1) is 9.17. The highest BCUT2D eigenvalue weighted by Gasteiger charge is 2.06. The molecule has 0 aliphatic heterocycles. The van der Waals surface area contributed by atoms with Gasteiger partial charge in [-0.3, -0.25) is 0 Å². The van der Waals surface area contributed by atoms with Crippen molar-refractivity contribution in [2.24, 2.45) is 0 Å². The van der Waals surface area contributed by atoms with Gasteiger partial charge in [-0.1, -0.05) is 36.4 Å². The second-order valence-corrected chi connectivity index (χ2v) is 3.65. The van der Waals surface area contributed by atoms with Gasteiger partial charge in [-0.15, -0.1) is 6.58 Å². The molecule has 0 aromatic heterocycles. The Morgan fingerprint density at radius 2 is 2.11 bits per heavy atom. The van der Waals surface area contributed by atoms with E-state index in [1.54, 1.807) is 12.2 Å². The van der Waals surface area contributed by atoms with Gasteiger partial charge in [0.1, 0.15) is 5.70 Å². The van der Waals surface area contributed by atoms with Crippen LogP contribution in [0.2, 0.25) is 0 Å². The van der Waals surface area contributed by atoms with Crippen LogP contribution in [0.1, 0.15) is 5.56 Å². The highest BCUT2D eigenvalue weighted by atomic mass is 16.4. The summed E-state index contributed by atoms with van der Waals surface area (Å²) in [6.45, 7) is 3.82. The zero-order valence-corrected chi connectivity index (χ0v) is 10.3. The third-order valence-electron chi connectivity index (χ3n) is 2.22. The number of hydrogen-bond acceptors (Lipinski definition) is 3. The van der Waals surface area contributed by atoms with Gasteiger partial charge in [-0.2, -0.15) is 5.26 Å². The smallest absolute Gasteiger partial charge is 0.352 e. The second-order valence-electron chi connectivity index (χ2n) is 3.65. The molecule has 0 atom stereocenters. The molecular weight excluding hydrogens is 240 g/mol. The topological polar surface area (TPSA) is 73.1 Å². The van der Waals surface area contributed by atoms with Crippen LogP contribution in [0.3, 0.4) is 0 Å². The first-order valence-corrected chi connectivity index (χ1v) is 5.64. The number of nitrogens with one attached hydrogen (secondary N) is 1. The van der Waals surface area contributed by atoms with Gasteiger partial charge in [0.15, 0.2) is 0 Å². The Kier molecular flexibility index (Phi) is 5.64. The Hall–Kier alpha value is -2.80. The van der Waals surface area contributed by atoms with Crippen molar-refractivity contribution in [3.63, 3.8) is 0 Å². The van der Waals surface area contributed by atoms with Crippen LogP contribution in [0.15, 0.2) is 60.3 Å². The van der Waals surface area contributed by atoms with Gasteiger partial charge in [-0.25, -0.2) is 4.79 Å². The highest BCUT2D eigenvalue weighted by Crippen LogP contribution is 2.08. The first-order valence-electron chi connectivity index (χ1n) is 5.64. The van der Waals surface area contributed by atoms with Crippen molar-refractivity contribution in [3.8, 4) is 6.07 Å². The van der Waals surface area contributed by atoms with E-state index in [0.29, 0.717) is 6.54 Å². The van der Waals surface area contributed by atoms with E-state index in [1.807, 2.05) is 36.4 Å². The number of hydrogen-bond donors (Lipinski definition) is 2. The van der Waals surface area contributed by atoms with E-state index >= 15 is 0 Å². The number of benzene rings is 1. The standard InChI is InChI=1S/C15H14N2O2/c1-2-8-17-14(15(18)19)10-13(11-16)9-12-6-4-3-5-7-12/h2-7,9-10,17H,1,8H2,(H,18,19). The molecule has 4 nitrogen and oxygen atoms in total. The van der Waals surface area contributed by atoms with Gasteiger partial charge in [0.25, 0.3) is 0 Å². The predicted octanol–water partition coefficient (Wildman–Crippen LogP) is 2.34. The molecule has 1 aromatic carbocycles. The van der Waals surface area contributed by atoms with Gasteiger partial charge in [0.05, 0.1) is 11.6 Å². The number of carbonyl (C=O) groups is 1. The number of carboxylic acid groups (broad SMARTS) is 1. The van der Waals surface area contributed by atoms with E-state index in [0.717, 1.165) is 5.56 Å². The van der Waals surface area contributed by atoms with Crippen LogP contribution in [0.4, 0.5) is 0 Å². The average Bonchev–Trinajstić information content (AvgIpc) is 2.42. The van der Waals surface area contributed by atoms with E-state index in [2.05, 4.69) is 11.9 Å². The molecule has 0 aliphatic carbocycles. The Labute approximate surface area is 112 Å². The Bertz CT molecular complexity index is 551. The Balaban J connectivity index is 3.02. The summed E-state index contributed by atoms with van der Waals surface area (Å²) in [6.07, 6.45) is 4.47. The third-order valence-corrected chi connectivity index (χ3v) is 2.22. The Morgan fingerprint density at radius 1 is 1.42 bits per heavy atom. The van der Waals surface area contributed by atoms with Gasteiger partial charge in [0, 0.05) is 6.54 Å². The van der Waals surface area contributed by atoms with Crippen LogP contribution in [0, 0.1) is 11.3 Å². The SMILES string of the molecule is C=CCNC(=CC(C#N)=Cc1ccccc1)C(=O)O. The van der Waals surface area contributed by atoms with Gasteiger partial charge >= 0.3 is 5.97 Å². The lowest BCUT2D eigenvalue weighted by molar-refractivity contribution is -0.133. The maximum Gasteiger partial charge on any atom is 0.352 e. The summed E-state index contributed by atoms with van der Waals surface area (Å²) >= 11 is 0. The molecule has 0 amide bonds. The van der Waals surface area contributed by atoms with Gasteiger partial charge in [-0.05, 0) is 17.7 Å². The molecule has 0 bridgehead atoms. The van der Waals surface area contributed by atoms with Crippen molar-refractivity contribution in [2.45, 2.75) is 0 Å². The summed E-state index contributed by atoms with van der Waals surface area (Å²) in [5, 5.41) is 20.7. The van der Waals surface area contributed by atoms with E-state index in [1.165, 1.54) is 6.08 Å². The number of nitrogens with zero attached hydrogens (tertiary/aromatic N) is 1. The zero-order valence-electron chi connectivity index (χ0n) is 10.3. The summed E-state index contributed by atoms with van der Waals surface area (Å²) < 4.78 is 0. The lowest BCUT2D eigenvalue weighted by Gasteiger charge is -2.03. The molecule has 0 saturated carbocycles. The molecule has 0 spiro atoms. The third kappa shape index (κ3) is 4.92. The molecule has 96 valence electrons. The minimum absolute atomic E-state index is 0.0383. The van der Waals surface area contributed by atoms with E-state index in [9.17, 15) is 4.79 Å². The quantitative estimate of drug-likeness (QED) is 0.354. The molecule has 2 N–H and O–H groups in total. The van der Waals surface area contributed by atoms with E-state index < -0.39 is 5.97 Å². The van der Waals surface area contributed by atoms with Crippen molar-refractivity contribution in [1.29, 1.82) is 5.26 Å². The van der Waals surface area contributed by atoms with Crippen LogP contribution in [0.5, 0.6) is 0 Å². The van der Waals surface area contributed by atoms with Crippen LogP contribution in [-0.2, 0) is 4.79 Å². The van der Waals surface area contributed by atoms with Crippen LogP contribution in [0.25, 0.3) is 6.08 Å². The summed E-state index contributed by atoms with van der Waals surface area (Å²) in [6, 6.07) is 11.2. The second kappa shape index (κ2) is 7.51. The molecule has 1 rings (SSSR count). The molecule has 0 heterocycles. The normalized spacial score (nSPS) is 11.5. The summed E-state index contributed by atoms with van der Waals surface area (Å²) in [5.74, 6) is -1.11. The minimum atomic E-state index is -1.11. The van der Waals surface area contributed by atoms with Gasteiger partial charge < -0.3 is 10.4 Å². The summed E-state index contributed by atoms with van der Waals surface area (Å²) in [4.78, 5) is 11.0. The maximum atomic E-state index is 11.0. The molecule has 19 heavy (non-hydrogen) atoms. The van der Waals surface area contributed by atoms with Crippen molar-refractivity contribution in [1.82, 2.24) is 5.32 Å². The van der Waals surface area contributed by atoms with Gasteiger partial charge in [0.2, 0.25) is 0 Å². The highest BCUT2D eigenvalue weighted by molar-refractivity contribution is 5.87. The summed E-state index contributed by atoms with van der Waals surface area (Å²) in [5.41, 5.74) is 1.06. The molecule has 0 fully saturated rings. The monoisotopic (exact) mass is 254 g/mol. The zero-order chi connectivity index (χ0) is 14.1. The van der Waals surface area contributed by atoms with E-state index in [4.69, 9.17) is 10.4 Å². The van der Waals surface area contributed by atoms with Crippen molar-refractivity contribution in [2.75, 3.05) is 6.54 Å². The molecule has 0 unspecified atom stereocenters. The lowest BCUT2D eigenvalue weighted by Crippen LogP contribution is -2.20. The van der Waals surface area contributed by atoms with Crippen LogP contribution in [-0.4, -0.2) is 17.6 Å². The van der Waals surface area contributed by atoms with Crippen LogP contribution >= 0.6 is 0 Å². The van der Waals surface area contributed by atoms with E-state index in [-0.39, 0.29) is 11.3 Å². The fourth-order valence-electron chi connectivity index (χ4n) is 1.36. The number of nitriles is 1. The maximum absolute atomic E-state index is 11.0. The molecule has 0 aliphatic rings. The average molecular weight is 254 g/mol. The fourth-order valence-corrected chi connectivity index (χ4v) is 1.36. The lowest BCUT2D eigenvalue weighted by atomic mass is 10.1. The van der Waals surface area contributed by atoms with Crippen LogP contribution < -0.4 is 5.32 Å². The largest absolute Gasteiger partial charge is 0.477 e. The molecule has 1 aromatic rings. The minimum Gasteiger partial charge on any atom is -0.477 e. The number of carboxylic acids is 1. The molecular formula is C15H14N2O2. The number of rotatable bonds is 6. The van der Waals surface area contributed by atoms with Crippen molar-refractivity contribution >= 4 is 12.0 Å². The summed E-state index contributed by atoms with van der Waals surface area (Å²) in [7, 11) is 0. The molecule has 0 radical (unpaired) electrons. The number of aliphatic carboxylic acids is 1. The Morgan fingerprint density at radius 3 is 2.63 bits per heavy atom.